The van der Waals surface area contributed by atoms with Crippen LogP contribution in [0.1, 0.15) is 19.2 Å². The number of imidazole rings is 1. The van der Waals surface area contributed by atoms with Gasteiger partial charge in [-0.15, -0.1) is 12.4 Å². The molecule has 0 saturated heterocycles. The van der Waals surface area contributed by atoms with Crippen molar-refractivity contribution in [3.8, 4) is 0 Å². The van der Waals surface area contributed by atoms with Gasteiger partial charge in [0.1, 0.15) is 5.82 Å². The molecule has 1 aromatic heterocycles. The molecule has 0 saturated carbocycles. The smallest absolute Gasteiger partial charge is 0.260 e. The summed E-state index contributed by atoms with van der Waals surface area (Å²) in [5, 5.41) is 0.285. The average Bonchev–Trinajstić information content (AvgIpc) is 2.87. The number of sulfonamides is 1. The molecule has 2 heterocycles. The molecule has 0 amide bonds. The zero-order valence-corrected chi connectivity index (χ0v) is 12.2. The van der Waals surface area contributed by atoms with Crippen molar-refractivity contribution >= 4 is 22.4 Å². The second-order valence-electron chi connectivity index (χ2n) is 4.37. The molecule has 1 atom stereocenters. The predicted molar refractivity (Wildman–Crippen MR) is 71.3 cm³/mol. The van der Waals surface area contributed by atoms with E-state index in [1.807, 2.05) is 0 Å². The number of aromatic nitrogens is 2. The minimum atomic E-state index is -3.48. The van der Waals surface area contributed by atoms with Gasteiger partial charge in [0.2, 0.25) is 0 Å². The van der Waals surface area contributed by atoms with E-state index < -0.39 is 10.0 Å². The molecule has 6 nitrogen and oxygen atoms in total. The summed E-state index contributed by atoms with van der Waals surface area (Å²) >= 11 is 0. The zero-order chi connectivity index (χ0) is 12.6. The standard InChI is InChI=1S/C10H18N4O2S.ClH/c1-8(6-11)13(2)17(15,16)10-7-12-9-4-3-5-14(9)10;/h7-8H,3-6,11H2,1-2H3;1H. The predicted octanol–water partition coefficient (Wildman–Crippen LogP) is 0.219. The number of hydrogen-bond acceptors (Lipinski definition) is 4. The quantitative estimate of drug-likeness (QED) is 0.861. The summed E-state index contributed by atoms with van der Waals surface area (Å²) in [6, 6.07) is -0.215. The number of rotatable bonds is 4. The second-order valence-corrected chi connectivity index (χ2v) is 6.32. The normalized spacial score (nSPS) is 16.4. The van der Waals surface area contributed by atoms with Crippen LogP contribution in [0, 0.1) is 0 Å². The fraction of sp³-hybridized carbons (Fsp3) is 0.700. The summed E-state index contributed by atoms with van der Waals surface area (Å²) < 4.78 is 27.8. The van der Waals surface area contributed by atoms with Gasteiger partial charge in [-0.25, -0.2) is 13.4 Å². The van der Waals surface area contributed by atoms with E-state index in [4.69, 9.17) is 5.73 Å². The van der Waals surface area contributed by atoms with Crippen molar-refractivity contribution in [2.75, 3.05) is 13.6 Å². The van der Waals surface area contributed by atoms with Gasteiger partial charge in [0, 0.05) is 32.6 Å². The van der Waals surface area contributed by atoms with E-state index in [9.17, 15) is 8.42 Å². The largest absolute Gasteiger partial charge is 0.329 e. The van der Waals surface area contributed by atoms with Gasteiger partial charge in [0.15, 0.2) is 5.03 Å². The van der Waals surface area contributed by atoms with Crippen LogP contribution in [0.5, 0.6) is 0 Å². The third-order valence-corrected chi connectivity index (χ3v) is 5.26. The maximum Gasteiger partial charge on any atom is 0.260 e. The van der Waals surface area contributed by atoms with Gasteiger partial charge in [-0.2, -0.15) is 4.31 Å². The Hall–Kier alpha value is -0.630. The van der Waals surface area contributed by atoms with Gasteiger partial charge in [-0.05, 0) is 13.3 Å². The Morgan fingerprint density at radius 3 is 2.89 bits per heavy atom. The van der Waals surface area contributed by atoms with Crippen LogP contribution < -0.4 is 5.73 Å². The van der Waals surface area contributed by atoms with Crippen LogP contribution in [0.2, 0.25) is 0 Å². The monoisotopic (exact) mass is 294 g/mol. The number of aryl methyl sites for hydroxylation is 1. The second kappa shape index (κ2) is 5.56. The Morgan fingerprint density at radius 1 is 1.61 bits per heavy atom. The molecule has 0 aromatic carbocycles. The van der Waals surface area contributed by atoms with Crippen LogP contribution >= 0.6 is 12.4 Å². The van der Waals surface area contributed by atoms with Crippen LogP contribution in [0.4, 0.5) is 0 Å². The molecule has 2 rings (SSSR count). The molecular weight excluding hydrogens is 276 g/mol. The summed E-state index contributed by atoms with van der Waals surface area (Å²) in [5.74, 6) is 0.859. The Balaban J connectivity index is 0.00000162. The zero-order valence-electron chi connectivity index (χ0n) is 10.5. The number of halogens is 1. The topological polar surface area (TPSA) is 81.2 Å². The number of hydrogen-bond donors (Lipinski definition) is 1. The first-order chi connectivity index (χ1) is 7.98. The maximum absolute atomic E-state index is 12.4. The van der Waals surface area contributed by atoms with Crippen molar-refractivity contribution in [3.05, 3.63) is 12.0 Å². The lowest BCUT2D eigenvalue weighted by Crippen LogP contribution is -2.40. The van der Waals surface area contributed by atoms with Gasteiger partial charge in [-0.1, -0.05) is 0 Å². The third kappa shape index (κ3) is 2.40. The number of nitrogens with zero attached hydrogens (tertiary/aromatic N) is 3. The molecular formula is C10H19ClN4O2S. The van der Waals surface area contributed by atoms with Crippen LogP contribution in [-0.2, 0) is 23.0 Å². The molecule has 0 aliphatic carbocycles. The number of likely N-dealkylation sites (N-methyl/N-ethyl adjacent to an activating group) is 1. The molecule has 2 N–H and O–H groups in total. The highest BCUT2D eigenvalue weighted by Crippen LogP contribution is 2.22. The van der Waals surface area contributed by atoms with E-state index in [-0.39, 0.29) is 23.5 Å². The summed E-state index contributed by atoms with van der Waals surface area (Å²) in [5.41, 5.74) is 5.51. The first-order valence-electron chi connectivity index (χ1n) is 5.71. The van der Waals surface area contributed by atoms with Crippen LogP contribution in [0.25, 0.3) is 0 Å². The molecule has 0 fully saturated rings. The highest BCUT2D eigenvalue weighted by Gasteiger charge is 2.30. The van der Waals surface area contributed by atoms with Crippen molar-refractivity contribution in [3.63, 3.8) is 0 Å². The first-order valence-corrected chi connectivity index (χ1v) is 7.15. The summed E-state index contributed by atoms with van der Waals surface area (Å²) in [6.07, 6.45) is 3.26. The number of fused-ring (bicyclic) bond motifs is 1. The van der Waals surface area contributed by atoms with Gasteiger partial charge in [0.25, 0.3) is 10.0 Å². The third-order valence-electron chi connectivity index (χ3n) is 3.29. The fourth-order valence-corrected chi connectivity index (χ4v) is 3.49. The molecule has 8 heteroatoms. The summed E-state index contributed by atoms with van der Waals surface area (Å²) in [4.78, 5) is 4.16. The average molecular weight is 295 g/mol. The molecule has 0 radical (unpaired) electrons. The lowest BCUT2D eigenvalue weighted by atomic mass is 10.4. The van der Waals surface area contributed by atoms with Crippen molar-refractivity contribution in [1.82, 2.24) is 13.9 Å². The highest BCUT2D eigenvalue weighted by molar-refractivity contribution is 7.89. The molecule has 18 heavy (non-hydrogen) atoms. The first kappa shape index (κ1) is 15.4. The number of nitrogens with two attached hydrogens (primary N) is 1. The minimum Gasteiger partial charge on any atom is -0.329 e. The van der Waals surface area contributed by atoms with Crippen LogP contribution in [-0.4, -0.2) is 41.9 Å². The fourth-order valence-electron chi connectivity index (χ4n) is 1.97. The van der Waals surface area contributed by atoms with Crippen molar-refractivity contribution in [1.29, 1.82) is 0 Å². The maximum atomic E-state index is 12.4. The van der Waals surface area contributed by atoms with Gasteiger partial charge in [-0.3, -0.25) is 0 Å². The van der Waals surface area contributed by atoms with E-state index in [2.05, 4.69) is 4.98 Å². The summed E-state index contributed by atoms with van der Waals surface area (Å²) in [6.45, 7) is 2.82. The summed E-state index contributed by atoms with van der Waals surface area (Å²) in [7, 11) is -1.92. The molecule has 1 aromatic rings. The highest BCUT2D eigenvalue weighted by atomic mass is 35.5. The lowest BCUT2D eigenvalue weighted by Gasteiger charge is -2.23. The Bertz CT molecular complexity index is 514. The van der Waals surface area contributed by atoms with E-state index in [0.717, 1.165) is 25.2 Å². The van der Waals surface area contributed by atoms with Gasteiger partial charge < -0.3 is 10.3 Å². The Labute approximate surface area is 114 Å². The minimum absolute atomic E-state index is 0. The van der Waals surface area contributed by atoms with Crippen LogP contribution in [0.15, 0.2) is 11.2 Å². The van der Waals surface area contributed by atoms with E-state index >= 15 is 0 Å². The molecule has 1 aliphatic heterocycles. The molecule has 1 unspecified atom stereocenters. The Morgan fingerprint density at radius 2 is 2.28 bits per heavy atom. The molecule has 104 valence electrons. The van der Waals surface area contributed by atoms with E-state index in [1.165, 1.54) is 10.5 Å². The van der Waals surface area contributed by atoms with Crippen molar-refractivity contribution in [2.24, 2.45) is 5.73 Å². The van der Waals surface area contributed by atoms with Crippen molar-refractivity contribution in [2.45, 2.75) is 37.4 Å². The van der Waals surface area contributed by atoms with Crippen LogP contribution in [0.3, 0.4) is 0 Å². The molecule has 0 bridgehead atoms. The lowest BCUT2D eigenvalue weighted by molar-refractivity contribution is 0.390. The van der Waals surface area contributed by atoms with Gasteiger partial charge >= 0.3 is 0 Å². The van der Waals surface area contributed by atoms with Crippen molar-refractivity contribution < 1.29 is 8.42 Å². The van der Waals surface area contributed by atoms with E-state index in [1.54, 1.807) is 18.5 Å². The van der Waals surface area contributed by atoms with Gasteiger partial charge in [0.05, 0.1) is 6.20 Å². The molecule has 0 spiro atoms. The molecule has 1 aliphatic rings. The Kier molecular flexibility index (Phi) is 4.77. The SMILES string of the molecule is CC(CN)N(C)S(=O)(=O)c1cnc2n1CCC2.Cl. The van der Waals surface area contributed by atoms with E-state index in [0.29, 0.717) is 6.54 Å².